The lowest BCUT2D eigenvalue weighted by Crippen LogP contribution is -2.05. The maximum atomic E-state index is 11.2. The largest absolute Gasteiger partial charge is 0.465 e. The third-order valence-corrected chi connectivity index (χ3v) is 3.44. The average molecular weight is 301 g/mol. The van der Waals surface area contributed by atoms with Crippen molar-refractivity contribution in [3.05, 3.63) is 12.2 Å². The van der Waals surface area contributed by atoms with E-state index in [0.29, 0.717) is 18.8 Å². The van der Waals surface area contributed by atoms with Crippen molar-refractivity contribution < 1.29 is 9.53 Å². The molecule has 20 heavy (non-hydrogen) atoms. The van der Waals surface area contributed by atoms with Gasteiger partial charge in [0, 0.05) is 12.2 Å². The van der Waals surface area contributed by atoms with Gasteiger partial charge in [0.1, 0.15) is 6.61 Å². The van der Waals surface area contributed by atoms with Crippen molar-refractivity contribution in [2.45, 2.75) is 77.6 Å². The van der Waals surface area contributed by atoms with Crippen LogP contribution in [-0.4, -0.2) is 18.3 Å². The molecule has 0 amide bonds. The molecule has 0 atom stereocenters. The first kappa shape index (κ1) is 19.6. The van der Waals surface area contributed by atoms with Crippen LogP contribution in [0.2, 0.25) is 0 Å². The Labute approximate surface area is 130 Å². The molecule has 0 aliphatic carbocycles. The van der Waals surface area contributed by atoms with Crippen LogP contribution >= 0.6 is 12.6 Å². The Kier molecular flexibility index (Phi) is 16.2. The van der Waals surface area contributed by atoms with Gasteiger partial charge in [-0.15, -0.1) is 0 Å². The first-order valence-electron chi connectivity index (χ1n) is 8.22. The van der Waals surface area contributed by atoms with E-state index in [4.69, 9.17) is 4.74 Å². The van der Waals surface area contributed by atoms with Gasteiger partial charge in [0.2, 0.25) is 0 Å². The fourth-order valence-corrected chi connectivity index (χ4v) is 2.16. The summed E-state index contributed by atoms with van der Waals surface area (Å²) < 4.78 is 4.94. The van der Waals surface area contributed by atoms with Gasteiger partial charge >= 0.3 is 5.97 Å². The third-order valence-electron chi connectivity index (χ3n) is 3.26. The van der Waals surface area contributed by atoms with Crippen LogP contribution in [0.15, 0.2) is 12.2 Å². The molecule has 0 aromatic heterocycles. The zero-order valence-electron chi connectivity index (χ0n) is 13.1. The third kappa shape index (κ3) is 15.6. The van der Waals surface area contributed by atoms with Gasteiger partial charge in [0.15, 0.2) is 0 Å². The van der Waals surface area contributed by atoms with Gasteiger partial charge in [0.25, 0.3) is 0 Å². The van der Waals surface area contributed by atoms with Crippen LogP contribution in [0.3, 0.4) is 0 Å². The highest BCUT2D eigenvalue weighted by atomic mass is 32.1. The number of thiol groups is 1. The van der Waals surface area contributed by atoms with Gasteiger partial charge in [-0.25, -0.2) is 0 Å². The summed E-state index contributed by atoms with van der Waals surface area (Å²) in [6.07, 6.45) is 17.6. The van der Waals surface area contributed by atoms with Crippen LogP contribution in [0.4, 0.5) is 0 Å². The lowest BCUT2D eigenvalue weighted by Gasteiger charge is -2.00. The Morgan fingerprint density at radius 1 is 0.950 bits per heavy atom. The van der Waals surface area contributed by atoms with Crippen molar-refractivity contribution in [3.63, 3.8) is 0 Å². The molecule has 0 saturated carbocycles. The summed E-state index contributed by atoms with van der Waals surface area (Å²) in [5.74, 6) is 0.482. The Bertz CT molecular complexity index is 239. The first-order valence-corrected chi connectivity index (χ1v) is 8.86. The Morgan fingerprint density at radius 2 is 1.55 bits per heavy atom. The Morgan fingerprint density at radius 3 is 2.20 bits per heavy atom. The van der Waals surface area contributed by atoms with E-state index >= 15 is 0 Å². The monoisotopic (exact) mass is 300 g/mol. The number of esters is 1. The Balaban J connectivity index is 3.18. The van der Waals surface area contributed by atoms with Crippen LogP contribution in [0.25, 0.3) is 0 Å². The second-order valence-electron chi connectivity index (χ2n) is 5.22. The van der Waals surface area contributed by atoms with Crippen molar-refractivity contribution in [1.82, 2.24) is 0 Å². The molecular formula is C17H32O2S. The number of hydrogen-bond donors (Lipinski definition) is 1. The number of allylic oxidation sites excluding steroid dienone is 2. The first-order chi connectivity index (χ1) is 9.81. The maximum absolute atomic E-state index is 11.2. The molecule has 0 aromatic carbocycles. The summed E-state index contributed by atoms with van der Waals surface area (Å²) in [6.45, 7) is 2.68. The van der Waals surface area contributed by atoms with Crippen LogP contribution in [-0.2, 0) is 9.53 Å². The van der Waals surface area contributed by atoms with E-state index in [0.717, 1.165) is 12.8 Å². The summed E-state index contributed by atoms with van der Waals surface area (Å²) in [5, 5.41) is 0. The van der Waals surface area contributed by atoms with Gasteiger partial charge in [-0.1, -0.05) is 64.0 Å². The smallest absolute Gasteiger partial charge is 0.306 e. The van der Waals surface area contributed by atoms with E-state index in [-0.39, 0.29) is 5.97 Å². The minimum Gasteiger partial charge on any atom is -0.465 e. The number of hydrogen-bond acceptors (Lipinski definition) is 3. The number of carbonyl (C=O) groups is 1. The van der Waals surface area contributed by atoms with Crippen molar-refractivity contribution in [2.75, 3.05) is 12.4 Å². The van der Waals surface area contributed by atoms with Crippen LogP contribution in [0.5, 0.6) is 0 Å². The molecule has 0 fully saturated rings. The highest BCUT2D eigenvalue weighted by molar-refractivity contribution is 7.80. The molecule has 0 bridgehead atoms. The molecular weight excluding hydrogens is 268 g/mol. The molecule has 0 heterocycles. The molecule has 0 radical (unpaired) electrons. The normalized spacial score (nSPS) is 11.1. The van der Waals surface area contributed by atoms with Crippen LogP contribution in [0.1, 0.15) is 77.6 Å². The second kappa shape index (κ2) is 16.6. The Hall–Kier alpha value is -0.440. The summed E-state index contributed by atoms with van der Waals surface area (Å²) in [4.78, 5) is 11.2. The number of carbonyl (C=O) groups excluding carboxylic acids is 1. The van der Waals surface area contributed by atoms with E-state index in [1.807, 2.05) is 0 Å². The van der Waals surface area contributed by atoms with Crippen molar-refractivity contribution in [2.24, 2.45) is 0 Å². The van der Waals surface area contributed by atoms with E-state index in [2.05, 4.69) is 31.7 Å². The summed E-state index contributed by atoms with van der Waals surface area (Å²) in [5.41, 5.74) is 0. The van der Waals surface area contributed by atoms with Gasteiger partial charge < -0.3 is 4.74 Å². The van der Waals surface area contributed by atoms with E-state index in [9.17, 15) is 4.79 Å². The molecule has 0 aliphatic heterocycles. The van der Waals surface area contributed by atoms with Crippen molar-refractivity contribution >= 4 is 18.6 Å². The lowest BCUT2D eigenvalue weighted by molar-refractivity contribution is -0.142. The summed E-state index contributed by atoms with van der Waals surface area (Å²) in [7, 11) is 0. The van der Waals surface area contributed by atoms with E-state index in [1.165, 1.54) is 51.4 Å². The predicted molar refractivity (Wildman–Crippen MR) is 90.4 cm³/mol. The van der Waals surface area contributed by atoms with Crippen LogP contribution < -0.4 is 0 Å². The van der Waals surface area contributed by atoms with Gasteiger partial charge in [-0.2, -0.15) is 12.6 Å². The molecule has 0 N–H and O–H groups in total. The number of unbranched alkanes of at least 4 members (excludes halogenated alkanes) is 8. The van der Waals surface area contributed by atoms with Gasteiger partial charge in [-0.05, 0) is 19.3 Å². The summed E-state index contributed by atoms with van der Waals surface area (Å²) in [6, 6.07) is 0. The highest BCUT2D eigenvalue weighted by Crippen LogP contribution is 2.09. The maximum Gasteiger partial charge on any atom is 0.306 e. The zero-order valence-corrected chi connectivity index (χ0v) is 14.0. The molecule has 3 heteroatoms. The SMILES string of the molecule is CCCCCCCCCC/C=C/CCC(=O)OCCS. The lowest BCUT2D eigenvalue weighted by atomic mass is 10.1. The van der Waals surface area contributed by atoms with Crippen LogP contribution in [0, 0.1) is 0 Å². The van der Waals surface area contributed by atoms with E-state index < -0.39 is 0 Å². The molecule has 118 valence electrons. The fourth-order valence-electron chi connectivity index (χ4n) is 2.06. The second-order valence-corrected chi connectivity index (χ2v) is 5.66. The molecule has 0 rings (SSSR count). The zero-order chi connectivity index (χ0) is 14.9. The molecule has 0 spiro atoms. The molecule has 0 aromatic rings. The number of ether oxygens (including phenoxy) is 1. The molecule has 0 saturated heterocycles. The minimum atomic E-state index is -0.115. The standard InChI is InChI=1S/C17H32O2S/c1-2-3-4-5-6-7-8-9-10-11-12-13-14-17(18)19-15-16-20/h11-12,20H,2-10,13-16H2,1H3/b12-11+. The fraction of sp³-hybridized carbons (Fsp3) is 0.824. The van der Waals surface area contributed by atoms with Gasteiger partial charge in [0.05, 0.1) is 0 Å². The molecule has 0 unspecified atom stereocenters. The predicted octanol–water partition coefficient (Wildman–Crippen LogP) is 5.33. The quantitative estimate of drug-likeness (QED) is 0.203. The van der Waals surface area contributed by atoms with Gasteiger partial charge in [-0.3, -0.25) is 4.79 Å². The minimum absolute atomic E-state index is 0.115. The van der Waals surface area contributed by atoms with Crippen molar-refractivity contribution in [3.8, 4) is 0 Å². The average Bonchev–Trinajstić information content (AvgIpc) is 2.46. The highest BCUT2D eigenvalue weighted by Gasteiger charge is 1.98. The topological polar surface area (TPSA) is 26.3 Å². The molecule has 2 nitrogen and oxygen atoms in total. The van der Waals surface area contributed by atoms with E-state index in [1.54, 1.807) is 0 Å². The summed E-state index contributed by atoms with van der Waals surface area (Å²) >= 11 is 3.99. The van der Waals surface area contributed by atoms with Crippen molar-refractivity contribution in [1.29, 1.82) is 0 Å². The number of rotatable bonds is 14. The molecule has 0 aliphatic rings.